The molecule has 0 saturated carbocycles. The largest absolute Gasteiger partial charge is 0.396 e. The molecule has 1 aromatic heterocycles. The molecule has 1 rings (SSSR count). The van der Waals surface area contributed by atoms with Crippen LogP contribution in [0.1, 0.15) is 13.3 Å². The predicted molar refractivity (Wildman–Crippen MR) is 54.4 cm³/mol. The minimum atomic E-state index is 0.582. The first kappa shape index (κ1) is 9.51. The summed E-state index contributed by atoms with van der Waals surface area (Å²) in [7, 11) is 0. The van der Waals surface area contributed by atoms with Gasteiger partial charge in [-0.15, -0.1) is 0 Å². The summed E-state index contributed by atoms with van der Waals surface area (Å²) in [6, 6.07) is 0. The molecule has 0 spiro atoms. The predicted octanol–water partition coefficient (Wildman–Crippen LogP) is 1.44. The fraction of sp³-hybridized carbons (Fsp3) is 0.333. The zero-order chi connectivity index (χ0) is 9.52. The molecule has 1 aromatic rings. The van der Waals surface area contributed by atoms with Crippen LogP contribution in [0, 0.1) is 0 Å². The molecule has 0 fully saturated rings. The summed E-state index contributed by atoms with van der Waals surface area (Å²) < 4.78 is 0. The van der Waals surface area contributed by atoms with Crippen molar-refractivity contribution in [3.8, 4) is 0 Å². The van der Waals surface area contributed by atoms with E-state index in [0.29, 0.717) is 11.6 Å². The van der Waals surface area contributed by atoms with Crippen LogP contribution in [0.3, 0.4) is 0 Å². The van der Waals surface area contributed by atoms with Crippen molar-refractivity contribution in [2.45, 2.75) is 13.3 Å². The smallest absolute Gasteiger partial charge is 0.222 e. The van der Waals surface area contributed by atoms with Crippen LogP contribution in [0.4, 0.5) is 11.6 Å². The maximum atomic E-state index is 5.44. The third-order valence-corrected chi connectivity index (χ3v) is 1.50. The molecule has 0 unspecified atom stereocenters. The van der Waals surface area contributed by atoms with E-state index in [2.05, 4.69) is 21.4 Å². The maximum absolute atomic E-state index is 5.44. The Morgan fingerprint density at radius 1 is 1.46 bits per heavy atom. The Kier molecular flexibility index (Phi) is 3.75. The molecule has 0 aromatic carbocycles. The van der Waals surface area contributed by atoms with Crippen molar-refractivity contribution in [1.82, 2.24) is 9.97 Å². The van der Waals surface area contributed by atoms with Gasteiger partial charge in [-0.2, -0.15) is 0 Å². The second-order valence-electron chi connectivity index (χ2n) is 2.62. The molecule has 3 N–H and O–H groups in total. The number of nitrogens with one attached hydrogen (secondary N) is 1. The number of nitrogens with zero attached hydrogens (tertiary/aromatic N) is 2. The number of hydrogen-bond donors (Lipinski definition) is 2. The molecule has 0 radical (unpaired) electrons. The molecule has 4 heteroatoms. The van der Waals surface area contributed by atoms with Gasteiger partial charge < -0.3 is 11.1 Å². The number of nitrogen functional groups attached to an aromatic ring is 1. The summed E-state index contributed by atoms with van der Waals surface area (Å²) in [4.78, 5) is 8.01. The lowest BCUT2D eigenvalue weighted by Gasteiger charge is -2.01. The van der Waals surface area contributed by atoms with Crippen molar-refractivity contribution < 1.29 is 0 Å². The molecule has 1 heterocycles. The van der Waals surface area contributed by atoms with Gasteiger partial charge in [0.2, 0.25) is 5.95 Å². The molecule has 0 aliphatic carbocycles. The van der Waals surface area contributed by atoms with Gasteiger partial charge in [-0.25, -0.2) is 9.97 Å². The van der Waals surface area contributed by atoms with E-state index in [1.165, 1.54) is 0 Å². The van der Waals surface area contributed by atoms with Gasteiger partial charge in [0.15, 0.2) is 0 Å². The van der Waals surface area contributed by atoms with E-state index < -0.39 is 0 Å². The first-order valence-corrected chi connectivity index (χ1v) is 4.25. The van der Waals surface area contributed by atoms with E-state index in [0.717, 1.165) is 13.0 Å². The highest BCUT2D eigenvalue weighted by Gasteiger charge is 1.92. The van der Waals surface area contributed by atoms with Gasteiger partial charge in [0, 0.05) is 6.54 Å². The van der Waals surface area contributed by atoms with Gasteiger partial charge in [0.25, 0.3) is 0 Å². The van der Waals surface area contributed by atoms with Crippen molar-refractivity contribution in [3.05, 3.63) is 24.5 Å². The number of hydrogen-bond acceptors (Lipinski definition) is 4. The molecule has 0 aliphatic heterocycles. The van der Waals surface area contributed by atoms with Gasteiger partial charge in [0.05, 0.1) is 18.1 Å². The Hall–Kier alpha value is -1.58. The summed E-state index contributed by atoms with van der Waals surface area (Å²) in [6.45, 7) is 2.84. The fourth-order valence-electron chi connectivity index (χ4n) is 0.863. The highest BCUT2D eigenvalue weighted by molar-refractivity contribution is 5.35. The SMILES string of the molecule is C/C=C/CCNc1ncc(N)cn1. The quantitative estimate of drug-likeness (QED) is 0.541. The van der Waals surface area contributed by atoms with Crippen LogP contribution in [-0.4, -0.2) is 16.5 Å². The van der Waals surface area contributed by atoms with E-state index >= 15 is 0 Å². The molecule has 0 aliphatic rings. The third-order valence-electron chi connectivity index (χ3n) is 1.50. The molecular weight excluding hydrogens is 164 g/mol. The second-order valence-corrected chi connectivity index (χ2v) is 2.62. The topological polar surface area (TPSA) is 63.8 Å². The van der Waals surface area contributed by atoms with E-state index in [4.69, 9.17) is 5.73 Å². The second kappa shape index (κ2) is 5.13. The monoisotopic (exact) mass is 178 g/mol. The van der Waals surface area contributed by atoms with Gasteiger partial charge in [-0.3, -0.25) is 0 Å². The van der Waals surface area contributed by atoms with E-state index in [1.54, 1.807) is 12.4 Å². The Morgan fingerprint density at radius 3 is 2.77 bits per heavy atom. The van der Waals surface area contributed by atoms with Crippen molar-refractivity contribution in [2.75, 3.05) is 17.6 Å². The Morgan fingerprint density at radius 2 is 2.15 bits per heavy atom. The molecule has 4 nitrogen and oxygen atoms in total. The third kappa shape index (κ3) is 3.55. The van der Waals surface area contributed by atoms with Crippen LogP contribution >= 0.6 is 0 Å². The first-order valence-electron chi connectivity index (χ1n) is 4.25. The van der Waals surface area contributed by atoms with E-state index in [-0.39, 0.29) is 0 Å². The number of aromatic nitrogens is 2. The molecule has 0 atom stereocenters. The zero-order valence-electron chi connectivity index (χ0n) is 7.70. The number of allylic oxidation sites excluding steroid dienone is 1. The van der Waals surface area contributed by atoms with Crippen molar-refractivity contribution in [2.24, 2.45) is 0 Å². The van der Waals surface area contributed by atoms with Gasteiger partial charge in [0.1, 0.15) is 0 Å². The van der Waals surface area contributed by atoms with Gasteiger partial charge in [-0.05, 0) is 13.3 Å². The Bertz CT molecular complexity index is 265. The van der Waals surface area contributed by atoms with Crippen LogP contribution < -0.4 is 11.1 Å². The average molecular weight is 178 g/mol. The lowest BCUT2D eigenvalue weighted by molar-refractivity contribution is 1.01. The van der Waals surface area contributed by atoms with Crippen LogP contribution in [-0.2, 0) is 0 Å². The molecule has 0 amide bonds. The summed E-state index contributed by atoms with van der Waals surface area (Å²) in [5.74, 6) is 0.624. The molecule has 70 valence electrons. The number of nitrogens with two attached hydrogens (primary N) is 1. The number of rotatable bonds is 4. The lowest BCUT2D eigenvalue weighted by atomic mass is 10.4. The van der Waals surface area contributed by atoms with E-state index in [9.17, 15) is 0 Å². The van der Waals surface area contributed by atoms with Crippen molar-refractivity contribution in [3.63, 3.8) is 0 Å². The summed E-state index contributed by atoms with van der Waals surface area (Å²) in [6.07, 6.45) is 8.26. The van der Waals surface area contributed by atoms with Crippen LogP contribution in [0.2, 0.25) is 0 Å². The zero-order valence-corrected chi connectivity index (χ0v) is 7.70. The Labute approximate surface area is 77.9 Å². The van der Waals surface area contributed by atoms with Gasteiger partial charge in [-0.1, -0.05) is 12.2 Å². The fourth-order valence-corrected chi connectivity index (χ4v) is 0.863. The van der Waals surface area contributed by atoms with E-state index in [1.807, 2.05) is 13.0 Å². The van der Waals surface area contributed by atoms with Crippen molar-refractivity contribution in [1.29, 1.82) is 0 Å². The number of anilines is 2. The summed E-state index contributed by atoms with van der Waals surface area (Å²) in [5, 5.41) is 3.08. The standard InChI is InChI=1S/C9H14N4/c1-2-3-4-5-11-9-12-6-8(10)7-13-9/h2-3,6-7H,4-5,10H2,1H3,(H,11,12,13)/b3-2+. The lowest BCUT2D eigenvalue weighted by Crippen LogP contribution is -2.04. The maximum Gasteiger partial charge on any atom is 0.222 e. The first-order chi connectivity index (χ1) is 6.33. The van der Waals surface area contributed by atoms with Crippen LogP contribution in [0.25, 0.3) is 0 Å². The van der Waals surface area contributed by atoms with Gasteiger partial charge >= 0.3 is 0 Å². The highest BCUT2D eigenvalue weighted by atomic mass is 15.1. The van der Waals surface area contributed by atoms with Crippen LogP contribution in [0.15, 0.2) is 24.5 Å². The normalized spacial score (nSPS) is 10.5. The molecule has 0 bridgehead atoms. The Balaban J connectivity index is 2.33. The summed E-state index contributed by atoms with van der Waals surface area (Å²) >= 11 is 0. The molecular formula is C9H14N4. The average Bonchev–Trinajstić information content (AvgIpc) is 2.15. The minimum Gasteiger partial charge on any atom is -0.396 e. The van der Waals surface area contributed by atoms with Crippen molar-refractivity contribution >= 4 is 11.6 Å². The highest BCUT2D eigenvalue weighted by Crippen LogP contribution is 2.00. The molecule has 13 heavy (non-hydrogen) atoms. The summed E-state index contributed by atoms with van der Waals surface area (Å²) in [5.41, 5.74) is 6.02. The molecule has 0 saturated heterocycles. The van der Waals surface area contributed by atoms with Crippen LogP contribution in [0.5, 0.6) is 0 Å². The minimum absolute atomic E-state index is 0.582.